The summed E-state index contributed by atoms with van der Waals surface area (Å²) in [5.74, 6) is 1.54. The normalized spacial score (nSPS) is 12.3. The van der Waals surface area contributed by atoms with Gasteiger partial charge < -0.3 is 16.0 Å². The Kier molecular flexibility index (Phi) is 2.53. The average Bonchev–Trinajstić information content (AvgIpc) is 2.74. The molecule has 5 nitrogen and oxygen atoms in total. The van der Waals surface area contributed by atoms with Crippen molar-refractivity contribution in [1.29, 1.82) is 0 Å². The molecule has 1 unspecified atom stereocenters. The summed E-state index contributed by atoms with van der Waals surface area (Å²) in [6, 6.07) is 3.67. The minimum atomic E-state index is 0.0530. The summed E-state index contributed by atoms with van der Waals surface area (Å²) >= 11 is 0. The van der Waals surface area contributed by atoms with Gasteiger partial charge in [-0.3, -0.25) is 0 Å². The van der Waals surface area contributed by atoms with Crippen molar-refractivity contribution < 1.29 is 0 Å². The lowest BCUT2D eigenvalue weighted by Crippen LogP contribution is -2.10. The van der Waals surface area contributed by atoms with E-state index < -0.39 is 0 Å². The summed E-state index contributed by atoms with van der Waals surface area (Å²) < 4.78 is 0. The number of nitrogens with one attached hydrogen (secondary N) is 2. The van der Waals surface area contributed by atoms with Crippen molar-refractivity contribution in [2.24, 2.45) is 0 Å². The molecule has 1 atom stereocenters. The van der Waals surface area contributed by atoms with Crippen LogP contribution in [0.25, 0.3) is 0 Å². The van der Waals surface area contributed by atoms with E-state index in [0.29, 0.717) is 11.5 Å². The molecule has 0 aliphatic carbocycles. The first-order chi connectivity index (χ1) is 7.27. The van der Waals surface area contributed by atoms with Crippen molar-refractivity contribution in [3.05, 3.63) is 36.5 Å². The number of hydrogen-bond donors (Lipinski definition) is 3. The molecular formula is C10H13N5. The maximum Gasteiger partial charge on any atom is 0.149 e. The number of rotatable bonds is 3. The standard InChI is InChI=1S/C10H13N5/c1-7(9-13-5-6-14-9)15-10-8(11)3-2-4-12-10/h2-7H,11H2,1H3,(H,12,15)(H,13,14). The highest BCUT2D eigenvalue weighted by Crippen LogP contribution is 2.19. The summed E-state index contributed by atoms with van der Waals surface area (Å²) in [5, 5.41) is 3.18. The van der Waals surface area contributed by atoms with Crippen LogP contribution in [0.5, 0.6) is 0 Å². The fraction of sp³-hybridized carbons (Fsp3) is 0.200. The second-order valence-electron chi connectivity index (χ2n) is 3.28. The first kappa shape index (κ1) is 9.51. The van der Waals surface area contributed by atoms with Crippen LogP contribution >= 0.6 is 0 Å². The molecule has 0 aliphatic heterocycles. The fourth-order valence-corrected chi connectivity index (χ4v) is 1.33. The SMILES string of the molecule is CC(Nc1ncccc1N)c1ncc[nH]1. The van der Waals surface area contributed by atoms with Gasteiger partial charge >= 0.3 is 0 Å². The van der Waals surface area contributed by atoms with Crippen molar-refractivity contribution in [2.45, 2.75) is 13.0 Å². The number of aromatic nitrogens is 3. The van der Waals surface area contributed by atoms with E-state index in [1.165, 1.54) is 0 Å². The topological polar surface area (TPSA) is 79.6 Å². The number of nitrogen functional groups attached to an aromatic ring is 1. The summed E-state index contributed by atoms with van der Waals surface area (Å²) in [5.41, 5.74) is 6.40. The van der Waals surface area contributed by atoms with E-state index in [0.717, 1.165) is 5.82 Å². The van der Waals surface area contributed by atoms with Gasteiger partial charge in [0.25, 0.3) is 0 Å². The molecule has 0 saturated heterocycles. The number of hydrogen-bond acceptors (Lipinski definition) is 4. The zero-order chi connectivity index (χ0) is 10.7. The van der Waals surface area contributed by atoms with Crippen LogP contribution in [0.1, 0.15) is 18.8 Å². The van der Waals surface area contributed by atoms with Gasteiger partial charge in [-0.25, -0.2) is 9.97 Å². The van der Waals surface area contributed by atoms with Crippen LogP contribution in [-0.4, -0.2) is 15.0 Å². The Balaban J connectivity index is 2.13. The molecule has 0 aromatic carbocycles. The molecule has 5 heteroatoms. The van der Waals surface area contributed by atoms with Gasteiger partial charge in [-0.1, -0.05) is 0 Å². The monoisotopic (exact) mass is 203 g/mol. The van der Waals surface area contributed by atoms with Crippen molar-refractivity contribution in [3.63, 3.8) is 0 Å². The van der Waals surface area contributed by atoms with Crippen LogP contribution < -0.4 is 11.1 Å². The molecule has 0 amide bonds. The quantitative estimate of drug-likeness (QED) is 0.707. The van der Waals surface area contributed by atoms with E-state index in [2.05, 4.69) is 20.3 Å². The molecule has 0 spiro atoms. The van der Waals surface area contributed by atoms with Gasteiger partial charge in [0.15, 0.2) is 0 Å². The Morgan fingerprint density at radius 3 is 2.93 bits per heavy atom. The molecular weight excluding hydrogens is 190 g/mol. The van der Waals surface area contributed by atoms with Crippen LogP contribution in [0.3, 0.4) is 0 Å². The van der Waals surface area contributed by atoms with Crippen molar-refractivity contribution in [2.75, 3.05) is 11.1 Å². The molecule has 0 saturated carbocycles. The molecule has 2 rings (SSSR count). The highest BCUT2D eigenvalue weighted by molar-refractivity contribution is 5.60. The zero-order valence-electron chi connectivity index (χ0n) is 8.44. The lowest BCUT2D eigenvalue weighted by Gasteiger charge is -2.13. The lowest BCUT2D eigenvalue weighted by atomic mass is 10.3. The number of nitrogens with two attached hydrogens (primary N) is 1. The van der Waals surface area contributed by atoms with Crippen molar-refractivity contribution >= 4 is 11.5 Å². The summed E-state index contributed by atoms with van der Waals surface area (Å²) in [6.45, 7) is 1.99. The maximum absolute atomic E-state index is 5.77. The molecule has 0 radical (unpaired) electrons. The molecule has 4 N–H and O–H groups in total. The van der Waals surface area contributed by atoms with E-state index in [1.54, 1.807) is 24.7 Å². The van der Waals surface area contributed by atoms with E-state index in [1.807, 2.05) is 13.0 Å². The number of pyridine rings is 1. The van der Waals surface area contributed by atoms with E-state index in [9.17, 15) is 0 Å². The molecule has 2 aromatic heterocycles. The van der Waals surface area contributed by atoms with Gasteiger partial charge in [-0.15, -0.1) is 0 Å². The van der Waals surface area contributed by atoms with Gasteiger partial charge in [-0.2, -0.15) is 0 Å². The molecule has 2 aromatic rings. The van der Waals surface area contributed by atoms with Crippen molar-refractivity contribution in [1.82, 2.24) is 15.0 Å². The molecule has 2 heterocycles. The summed E-state index contributed by atoms with van der Waals surface area (Å²) in [7, 11) is 0. The Labute approximate surface area is 87.8 Å². The van der Waals surface area contributed by atoms with Crippen LogP contribution in [0.4, 0.5) is 11.5 Å². The lowest BCUT2D eigenvalue weighted by molar-refractivity contribution is 0.804. The van der Waals surface area contributed by atoms with Crippen LogP contribution in [0.15, 0.2) is 30.7 Å². The van der Waals surface area contributed by atoms with Crippen LogP contribution in [0.2, 0.25) is 0 Å². The summed E-state index contributed by atoms with van der Waals surface area (Å²) in [4.78, 5) is 11.3. The molecule has 0 fully saturated rings. The Bertz CT molecular complexity index is 423. The number of nitrogens with zero attached hydrogens (tertiary/aromatic N) is 2. The highest BCUT2D eigenvalue weighted by atomic mass is 15.1. The van der Waals surface area contributed by atoms with Gasteiger partial charge in [-0.05, 0) is 19.1 Å². The van der Waals surface area contributed by atoms with Crippen LogP contribution in [-0.2, 0) is 0 Å². The van der Waals surface area contributed by atoms with Crippen LogP contribution in [0, 0.1) is 0 Å². The Morgan fingerprint density at radius 2 is 2.27 bits per heavy atom. The number of aromatic amines is 1. The predicted octanol–water partition coefficient (Wildman–Crippen LogP) is 1.56. The largest absolute Gasteiger partial charge is 0.396 e. The van der Waals surface area contributed by atoms with Gasteiger partial charge in [0.2, 0.25) is 0 Å². The average molecular weight is 203 g/mol. The number of anilines is 2. The van der Waals surface area contributed by atoms with Crippen molar-refractivity contribution in [3.8, 4) is 0 Å². The molecule has 15 heavy (non-hydrogen) atoms. The van der Waals surface area contributed by atoms with E-state index >= 15 is 0 Å². The third-order valence-corrected chi connectivity index (χ3v) is 2.12. The Morgan fingerprint density at radius 1 is 1.40 bits per heavy atom. The number of imidazole rings is 1. The minimum Gasteiger partial charge on any atom is -0.396 e. The Hall–Kier alpha value is -2.04. The van der Waals surface area contributed by atoms with E-state index in [-0.39, 0.29) is 6.04 Å². The predicted molar refractivity (Wildman–Crippen MR) is 59.3 cm³/mol. The summed E-state index contributed by atoms with van der Waals surface area (Å²) in [6.07, 6.45) is 5.21. The highest BCUT2D eigenvalue weighted by Gasteiger charge is 2.09. The van der Waals surface area contributed by atoms with Gasteiger partial charge in [0.05, 0.1) is 11.7 Å². The van der Waals surface area contributed by atoms with Gasteiger partial charge in [0.1, 0.15) is 11.6 Å². The number of H-pyrrole nitrogens is 1. The first-order valence-corrected chi connectivity index (χ1v) is 4.73. The van der Waals surface area contributed by atoms with E-state index in [4.69, 9.17) is 5.73 Å². The second-order valence-corrected chi connectivity index (χ2v) is 3.28. The molecule has 78 valence electrons. The molecule has 0 aliphatic rings. The van der Waals surface area contributed by atoms with Gasteiger partial charge in [0, 0.05) is 18.6 Å². The minimum absolute atomic E-state index is 0.0530. The smallest absolute Gasteiger partial charge is 0.149 e. The maximum atomic E-state index is 5.77. The fourth-order valence-electron chi connectivity index (χ4n) is 1.33. The zero-order valence-corrected chi connectivity index (χ0v) is 8.44. The second kappa shape index (κ2) is 4.00. The first-order valence-electron chi connectivity index (χ1n) is 4.73. The third kappa shape index (κ3) is 2.07. The molecule has 0 bridgehead atoms. The third-order valence-electron chi connectivity index (χ3n) is 2.12.